The molecule has 0 spiro atoms. The number of hydrogen-bond acceptors (Lipinski definition) is 2. The van der Waals surface area contributed by atoms with E-state index >= 15 is 0 Å². The molecule has 2 rings (SSSR count). The lowest BCUT2D eigenvalue weighted by atomic mass is 10.1. The van der Waals surface area contributed by atoms with E-state index in [1.54, 1.807) is 0 Å². The van der Waals surface area contributed by atoms with Crippen molar-refractivity contribution >= 4 is 27.4 Å². The molecule has 98 valence electrons. The van der Waals surface area contributed by atoms with Gasteiger partial charge in [0.2, 0.25) is 0 Å². The number of anilines is 1. The van der Waals surface area contributed by atoms with Crippen molar-refractivity contribution in [2.24, 2.45) is 0 Å². The summed E-state index contributed by atoms with van der Waals surface area (Å²) in [6.07, 6.45) is 0. The smallest absolute Gasteiger partial charge is 0.182 e. The van der Waals surface area contributed by atoms with E-state index in [0.29, 0.717) is 6.54 Å². The van der Waals surface area contributed by atoms with Gasteiger partial charge in [-0.15, -0.1) is 0 Å². The molecule has 0 saturated carbocycles. The molecule has 2 aromatic carbocycles. The van der Waals surface area contributed by atoms with Crippen molar-refractivity contribution in [1.82, 2.24) is 0 Å². The predicted octanol–water partition coefficient (Wildman–Crippen LogP) is 4.08. The zero-order chi connectivity index (χ0) is 13.8. The second-order valence-corrected chi connectivity index (χ2v) is 5.54. The van der Waals surface area contributed by atoms with Gasteiger partial charge in [0.05, 0.1) is 6.54 Å². The number of rotatable bonds is 4. The third-order valence-electron chi connectivity index (χ3n) is 2.97. The zero-order valence-corrected chi connectivity index (χ0v) is 12.6. The summed E-state index contributed by atoms with van der Waals surface area (Å²) >= 11 is 3.39. The van der Waals surface area contributed by atoms with Crippen LogP contribution in [-0.2, 0) is 0 Å². The Labute approximate surface area is 122 Å². The van der Waals surface area contributed by atoms with E-state index in [1.807, 2.05) is 61.3 Å². The van der Waals surface area contributed by atoms with E-state index in [9.17, 15) is 4.79 Å². The molecule has 0 bridgehead atoms. The summed E-state index contributed by atoms with van der Waals surface area (Å²) in [5, 5.41) is 0. The van der Waals surface area contributed by atoms with Gasteiger partial charge in [-0.05, 0) is 36.8 Å². The number of aryl methyl sites for hydroxylation is 1. The Morgan fingerprint density at radius 1 is 1.16 bits per heavy atom. The summed E-state index contributed by atoms with van der Waals surface area (Å²) < 4.78 is 0.927. The van der Waals surface area contributed by atoms with Crippen molar-refractivity contribution in [2.45, 2.75) is 6.92 Å². The van der Waals surface area contributed by atoms with Gasteiger partial charge < -0.3 is 4.90 Å². The van der Waals surface area contributed by atoms with E-state index < -0.39 is 0 Å². The second kappa shape index (κ2) is 6.02. The van der Waals surface area contributed by atoms with Crippen LogP contribution >= 0.6 is 15.9 Å². The number of ketones is 1. The highest BCUT2D eigenvalue weighted by atomic mass is 79.9. The number of likely N-dealkylation sites (N-methyl/N-ethyl adjacent to an activating group) is 1. The van der Waals surface area contributed by atoms with Crippen molar-refractivity contribution in [3.8, 4) is 0 Å². The number of nitrogens with zero attached hydrogens (tertiary/aromatic N) is 1. The van der Waals surface area contributed by atoms with E-state index in [2.05, 4.69) is 22.0 Å². The number of hydrogen-bond donors (Lipinski definition) is 0. The second-order valence-electron chi connectivity index (χ2n) is 4.63. The molecule has 0 aromatic heterocycles. The Morgan fingerprint density at radius 3 is 2.58 bits per heavy atom. The van der Waals surface area contributed by atoms with Crippen molar-refractivity contribution in [3.63, 3.8) is 0 Å². The van der Waals surface area contributed by atoms with Crippen LogP contribution in [-0.4, -0.2) is 19.4 Å². The SMILES string of the molecule is Cc1cccc(N(C)CC(=O)c2cccc(Br)c2)c1. The molecule has 0 N–H and O–H groups in total. The molecule has 0 unspecified atom stereocenters. The molecular formula is C16H16BrNO. The third kappa shape index (κ3) is 3.67. The van der Waals surface area contributed by atoms with Crippen LogP contribution in [0.1, 0.15) is 15.9 Å². The van der Waals surface area contributed by atoms with Gasteiger partial charge in [-0.2, -0.15) is 0 Å². The minimum Gasteiger partial charge on any atom is -0.367 e. The first-order valence-corrected chi connectivity index (χ1v) is 6.92. The lowest BCUT2D eigenvalue weighted by Crippen LogP contribution is -2.25. The third-order valence-corrected chi connectivity index (χ3v) is 3.46. The average molecular weight is 318 g/mol. The summed E-state index contributed by atoms with van der Waals surface area (Å²) in [6, 6.07) is 15.6. The normalized spacial score (nSPS) is 10.3. The fourth-order valence-electron chi connectivity index (χ4n) is 1.93. The standard InChI is InChI=1S/C16H16BrNO/c1-12-5-3-8-15(9-12)18(2)11-16(19)13-6-4-7-14(17)10-13/h3-10H,11H2,1-2H3. The molecule has 0 heterocycles. The van der Waals surface area contributed by atoms with Crippen LogP contribution in [0.4, 0.5) is 5.69 Å². The van der Waals surface area contributed by atoms with Gasteiger partial charge in [-0.25, -0.2) is 0 Å². The molecule has 19 heavy (non-hydrogen) atoms. The summed E-state index contributed by atoms with van der Waals surface area (Å²) in [4.78, 5) is 14.2. The van der Waals surface area contributed by atoms with Gasteiger partial charge in [0.15, 0.2) is 5.78 Å². The minimum atomic E-state index is 0.116. The highest BCUT2D eigenvalue weighted by Crippen LogP contribution is 2.16. The molecule has 0 aliphatic carbocycles. The first-order chi connectivity index (χ1) is 9.06. The van der Waals surface area contributed by atoms with E-state index in [0.717, 1.165) is 15.7 Å². The van der Waals surface area contributed by atoms with Gasteiger partial charge in [0, 0.05) is 22.8 Å². The van der Waals surface area contributed by atoms with Crippen molar-refractivity contribution in [1.29, 1.82) is 0 Å². The monoisotopic (exact) mass is 317 g/mol. The van der Waals surface area contributed by atoms with Gasteiger partial charge in [-0.3, -0.25) is 4.79 Å². The number of carbonyl (C=O) groups is 1. The summed E-state index contributed by atoms with van der Waals surface area (Å²) in [5.74, 6) is 0.116. The van der Waals surface area contributed by atoms with Gasteiger partial charge in [0.25, 0.3) is 0 Å². The topological polar surface area (TPSA) is 20.3 Å². The summed E-state index contributed by atoms with van der Waals surface area (Å²) in [5.41, 5.74) is 2.98. The molecule has 2 nitrogen and oxygen atoms in total. The van der Waals surface area contributed by atoms with Crippen LogP contribution < -0.4 is 4.90 Å². The Balaban J connectivity index is 2.11. The summed E-state index contributed by atoms with van der Waals surface area (Å²) in [6.45, 7) is 2.42. The first kappa shape index (κ1) is 13.8. The molecule has 2 aromatic rings. The molecule has 3 heteroatoms. The van der Waals surface area contributed by atoms with Gasteiger partial charge in [-0.1, -0.05) is 40.2 Å². The highest BCUT2D eigenvalue weighted by Gasteiger charge is 2.10. The maximum Gasteiger partial charge on any atom is 0.182 e. The molecular weight excluding hydrogens is 302 g/mol. The van der Waals surface area contributed by atoms with Crippen LogP contribution in [0.5, 0.6) is 0 Å². The maximum atomic E-state index is 12.2. The Hall–Kier alpha value is -1.61. The first-order valence-electron chi connectivity index (χ1n) is 6.13. The fraction of sp³-hybridized carbons (Fsp3) is 0.188. The molecule has 0 saturated heterocycles. The number of benzene rings is 2. The Kier molecular flexibility index (Phi) is 4.38. The van der Waals surface area contributed by atoms with E-state index in [1.165, 1.54) is 5.56 Å². The fourth-order valence-corrected chi connectivity index (χ4v) is 2.32. The lowest BCUT2D eigenvalue weighted by molar-refractivity contribution is 0.100. The van der Waals surface area contributed by atoms with Gasteiger partial charge in [0.1, 0.15) is 0 Å². The predicted molar refractivity (Wildman–Crippen MR) is 82.9 cm³/mol. The van der Waals surface area contributed by atoms with Crippen LogP contribution in [0, 0.1) is 6.92 Å². The Morgan fingerprint density at radius 2 is 1.89 bits per heavy atom. The molecule has 0 fully saturated rings. The van der Waals surface area contributed by atoms with Crippen LogP contribution in [0.15, 0.2) is 53.0 Å². The molecule has 0 amide bonds. The van der Waals surface area contributed by atoms with Crippen LogP contribution in [0.3, 0.4) is 0 Å². The minimum absolute atomic E-state index is 0.116. The van der Waals surface area contributed by atoms with Crippen molar-refractivity contribution in [2.75, 3.05) is 18.5 Å². The Bertz CT molecular complexity index is 595. The van der Waals surface area contributed by atoms with Crippen LogP contribution in [0.25, 0.3) is 0 Å². The lowest BCUT2D eigenvalue weighted by Gasteiger charge is -2.19. The maximum absolute atomic E-state index is 12.2. The average Bonchev–Trinajstić information content (AvgIpc) is 2.38. The zero-order valence-electron chi connectivity index (χ0n) is 11.1. The van der Waals surface area contributed by atoms with E-state index in [4.69, 9.17) is 0 Å². The summed E-state index contributed by atoms with van der Waals surface area (Å²) in [7, 11) is 1.94. The molecule has 0 radical (unpaired) electrons. The number of Topliss-reactive ketones (excluding diaryl/α,β-unsaturated/α-hetero) is 1. The number of halogens is 1. The number of carbonyl (C=O) groups excluding carboxylic acids is 1. The van der Waals surface area contributed by atoms with Crippen molar-refractivity contribution in [3.05, 3.63) is 64.1 Å². The van der Waals surface area contributed by atoms with Crippen molar-refractivity contribution < 1.29 is 4.79 Å². The quantitative estimate of drug-likeness (QED) is 0.792. The van der Waals surface area contributed by atoms with Gasteiger partial charge >= 0.3 is 0 Å². The molecule has 0 atom stereocenters. The van der Waals surface area contributed by atoms with Crippen LogP contribution in [0.2, 0.25) is 0 Å². The molecule has 0 aliphatic heterocycles. The largest absolute Gasteiger partial charge is 0.367 e. The van der Waals surface area contributed by atoms with E-state index in [-0.39, 0.29) is 5.78 Å². The highest BCUT2D eigenvalue weighted by molar-refractivity contribution is 9.10. The molecule has 0 aliphatic rings.